The summed E-state index contributed by atoms with van der Waals surface area (Å²) in [6.07, 6.45) is 4.81. The van der Waals surface area contributed by atoms with Crippen LogP contribution in [0.25, 0.3) is 0 Å². The first kappa shape index (κ1) is 16.2. The first-order chi connectivity index (χ1) is 9.45. The van der Waals surface area contributed by atoms with E-state index in [2.05, 4.69) is 48.8 Å². The lowest BCUT2D eigenvalue weighted by molar-refractivity contribution is 0.252. The average molecular weight is 360 g/mol. The van der Waals surface area contributed by atoms with Crippen LogP contribution in [-0.2, 0) is 0 Å². The second kappa shape index (κ2) is 6.70. The summed E-state index contributed by atoms with van der Waals surface area (Å²) in [6.45, 7) is 7.54. The van der Waals surface area contributed by atoms with Gasteiger partial charge in [-0.25, -0.2) is 0 Å². The van der Waals surface area contributed by atoms with Crippen LogP contribution in [0.15, 0.2) is 22.7 Å². The number of hydrogen-bond acceptors (Lipinski definition) is 1. The van der Waals surface area contributed by atoms with Crippen molar-refractivity contribution in [3.8, 4) is 5.75 Å². The summed E-state index contributed by atoms with van der Waals surface area (Å²) in [5.74, 6) is 1.46. The number of hydrogen-bond donors (Lipinski definition) is 0. The monoisotopic (exact) mass is 358 g/mol. The summed E-state index contributed by atoms with van der Waals surface area (Å²) in [5, 5.41) is 0.0871. The van der Waals surface area contributed by atoms with E-state index in [0.717, 1.165) is 23.2 Å². The van der Waals surface area contributed by atoms with E-state index in [4.69, 9.17) is 16.3 Å². The summed E-state index contributed by atoms with van der Waals surface area (Å²) in [6, 6.07) is 6.27. The van der Waals surface area contributed by atoms with Crippen LogP contribution in [0.1, 0.15) is 57.4 Å². The summed E-state index contributed by atoms with van der Waals surface area (Å²) in [4.78, 5) is 0. The Morgan fingerprint density at radius 2 is 2.20 bits per heavy atom. The van der Waals surface area contributed by atoms with E-state index in [0.29, 0.717) is 11.3 Å². The molecular formula is C17H24BrClO. The maximum absolute atomic E-state index is 6.76. The maximum Gasteiger partial charge on any atom is 0.133 e. The lowest BCUT2D eigenvalue weighted by Gasteiger charge is -2.31. The van der Waals surface area contributed by atoms with Crippen molar-refractivity contribution < 1.29 is 4.74 Å². The number of halogens is 2. The number of alkyl halides is 1. The van der Waals surface area contributed by atoms with Crippen LogP contribution >= 0.6 is 27.5 Å². The van der Waals surface area contributed by atoms with Crippen molar-refractivity contribution in [2.24, 2.45) is 11.3 Å². The van der Waals surface area contributed by atoms with Crippen molar-refractivity contribution in [3.63, 3.8) is 0 Å². The Kier molecular flexibility index (Phi) is 5.42. The normalized spacial score (nSPS) is 22.8. The van der Waals surface area contributed by atoms with Gasteiger partial charge >= 0.3 is 0 Å². The molecule has 1 aromatic carbocycles. The Morgan fingerprint density at radius 1 is 1.45 bits per heavy atom. The fourth-order valence-corrected chi connectivity index (χ4v) is 4.26. The molecule has 1 aromatic rings. The Morgan fingerprint density at radius 3 is 2.75 bits per heavy atom. The summed E-state index contributed by atoms with van der Waals surface area (Å²) in [7, 11) is 0. The number of benzene rings is 1. The molecule has 3 heteroatoms. The molecule has 20 heavy (non-hydrogen) atoms. The molecule has 0 aromatic heterocycles. The molecule has 0 aliphatic heterocycles. The third kappa shape index (κ3) is 3.51. The van der Waals surface area contributed by atoms with E-state index in [1.807, 2.05) is 6.07 Å². The number of ether oxygens (including phenoxy) is 1. The molecule has 0 N–H and O–H groups in total. The summed E-state index contributed by atoms with van der Waals surface area (Å²) < 4.78 is 6.70. The molecule has 2 rings (SSSR count). The fourth-order valence-electron chi connectivity index (χ4n) is 3.15. The van der Waals surface area contributed by atoms with Gasteiger partial charge in [-0.2, -0.15) is 0 Å². The van der Waals surface area contributed by atoms with E-state index in [1.165, 1.54) is 24.8 Å². The van der Waals surface area contributed by atoms with Gasteiger partial charge in [-0.05, 0) is 64.2 Å². The zero-order valence-electron chi connectivity index (χ0n) is 12.6. The van der Waals surface area contributed by atoms with E-state index >= 15 is 0 Å². The minimum Gasteiger partial charge on any atom is -0.492 e. The van der Waals surface area contributed by atoms with E-state index in [1.54, 1.807) is 0 Å². The Labute approximate surface area is 136 Å². The van der Waals surface area contributed by atoms with E-state index in [9.17, 15) is 0 Å². The molecule has 1 aliphatic carbocycles. The lowest BCUT2D eigenvalue weighted by atomic mass is 9.78. The van der Waals surface area contributed by atoms with Crippen molar-refractivity contribution in [1.82, 2.24) is 0 Å². The molecule has 0 amide bonds. The van der Waals surface area contributed by atoms with E-state index in [-0.39, 0.29) is 5.38 Å². The van der Waals surface area contributed by atoms with Crippen LogP contribution < -0.4 is 4.74 Å². The molecular weight excluding hydrogens is 336 g/mol. The maximum atomic E-state index is 6.76. The zero-order valence-corrected chi connectivity index (χ0v) is 14.9. The van der Waals surface area contributed by atoms with Crippen LogP contribution in [0.4, 0.5) is 0 Å². The first-order valence-corrected chi connectivity index (χ1v) is 8.75. The Hall–Kier alpha value is -0.210. The highest BCUT2D eigenvalue weighted by Crippen LogP contribution is 2.51. The predicted octanol–water partition coefficient (Wildman–Crippen LogP) is 6.34. The predicted molar refractivity (Wildman–Crippen MR) is 89.6 cm³/mol. The Balaban J connectivity index is 2.14. The fraction of sp³-hybridized carbons (Fsp3) is 0.647. The molecule has 112 valence electrons. The van der Waals surface area contributed by atoms with Gasteiger partial charge in [0, 0.05) is 0 Å². The molecule has 0 saturated heterocycles. The van der Waals surface area contributed by atoms with Gasteiger partial charge in [0.05, 0.1) is 16.5 Å². The largest absolute Gasteiger partial charge is 0.492 e. The van der Waals surface area contributed by atoms with E-state index < -0.39 is 0 Å². The third-order valence-corrected chi connectivity index (χ3v) is 5.61. The van der Waals surface area contributed by atoms with Gasteiger partial charge in [0.15, 0.2) is 0 Å². The molecule has 1 aliphatic rings. The van der Waals surface area contributed by atoms with Crippen molar-refractivity contribution in [1.29, 1.82) is 0 Å². The molecule has 0 bridgehead atoms. The Bertz CT molecular complexity index is 458. The second-order valence-electron chi connectivity index (χ2n) is 6.43. The van der Waals surface area contributed by atoms with Crippen LogP contribution in [0.5, 0.6) is 5.75 Å². The standard InChI is InChI=1S/C17H24BrClO/c1-4-10-20-15-8-7-12(11-14(15)18)16(19)13-6-5-9-17(13,2)3/h7-8,11,13,16H,4-6,9-10H2,1-3H3. The molecule has 1 nitrogen and oxygen atoms in total. The highest BCUT2D eigenvalue weighted by Gasteiger charge is 2.39. The second-order valence-corrected chi connectivity index (χ2v) is 7.75. The van der Waals surface area contributed by atoms with Crippen molar-refractivity contribution in [2.75, 3.05) is 6.61 Å². The molecule has 2 atom stereocenters. The van der Waals surface area contributed by atoms with Crippen LogP contribution in [0.3, 0.4) is 0 Å². The van der Waals surface area contributed by atoms with Crippen molar-refractivity contribution in [3.05, 3.63) is 28.2 Å². The van der Waals surface area contributed by atoms with Crippen molar-refractivity contribution >= 4 is 27.5 Å². The highest BCUT2D eigenvalue weighted by molar-refractivity contribution is 9.10. The average Bonchev–Trinajstić information content (AvgIpc) is 2.76. The van der Waals surface area contributed by atoms with Crippen molar-refractivity contribution in [2.45, 2.75) is 51.8 Å². The lowest BCUT2D eigenvalue weighted by Crippen LogP contribution is -2.21. The SMILES string of the molecule is CCCOc1ccc(C(Cl)C2CCCC2(C)C)cc1Br. The summed E-state index contributed by atoms with van der Waals surface area (Å²) >= 11 is 10.4. The number of rotatable bonds is 5. The summed E-state index contributed by atoms with van der Waals surface area (Å²) in [5.41, 5.74) is 1.54. The quantitative estimate of drug-likeness (QED) is 0.557. The van der Waals surface area contributed by atoms with Crippen LogP contribution in [-0.4, -0.2) is 6.61 Å². The highest BCUT2D eigenvalue weighted by atomic mass is 79.9. The van der Waals surface area contributed by atoms with Gasteiger partial charge in [-0.1, -0.05) is 33.3 Å². The van der Waals surface area contributed by atoms with Crippen LogP contribution in [0.2, 0.25) is 0 Å². The molecule has 1 saturated carbocycles. The molecule has 0 spiro atoms. The molecule has 1 fully saturated rings. The molecule has 0 radical (unpaired) electrons. The van der Waals surface area contributed by atoms with Gasteiger partial charge in [0.2, 0.25) is 0 Å². The van der Waals surface area contributed by atoms with Gasteiger partial charge < -0.3 is 4.74 Å². The van der Waals surface area contributed by atoms with Gasteiger partial charge in [0.25, 0.3) is 0 Å². The topological polar surface area (TPSA) is 9.23 Å². The molecule has 0 heterocycles. The van der Waals surface area contributed by atoms with Gasteiger partial charge in [0.1, 0.15) is 5.75 Å². The van der Waals surface area contributed by atoms with Gasteiger partial charge in [-0.3, -0.25) is 0 Å². The van der Waals surface area contributed by atoms with Crippen LogP contribution in [0, 0.1) is 11.3 Å². The minimum absolute atomic E-state index is 0.0871. The third-order valence-electron chi connectivity index (χ3n) is 4.43. The minimum atomic E-state index is 0.0871. The molecule has 2 unspecified atom stereocenters. The van der Waals surface area contributed by atoms with Gasteiger partial charge in [-0.15, -0.1) is 11.6 Å². The zero-order chi connectivity index (χ0) is 14.8. The first-order valence-electron chi connectivity index (χ1n) is 7.52. The smallest absolute Gasteiger partial charge is 0.133 e.